The van der Waals surface area contributed by atoms with Gasteiger partial charge < -0.3 is 5.32 Å². The minimum Gasteiger partial charge on any atom is -0.388 e. The van der Waals surface area contributed by atoms with Crippen LogP contribution in [0.5, 0.6) is 0 Å². The fraction of sp³-hybridized carbons (Fsp3) is 0.571. The molecule has 16 heavy (non-hydrogen) atoms. The van der Waals surface area contributed by atoms with Gasteiger partial charge in [0.1, 0.15) is 0 Å². The van der Waals surface area contributed by atoms with Crippen LogP contribution in [0.25, 0.3) is 0 Å². The van der Waals surface area contributed by atoms with E-state index in [0.29, 0.717) is 0 Å². The number of rotatable bonds is 3. The van der Waals surface area contributed by atoms with E-state index < -0.39 is 0 Å². The lowest BCUT2D eigenvalue weighted by Crippen LogP contribution is -2.33. The Labute approximate surface area is 98.7 Å². The van der Waals surface area contributed by atoms with Crippen LogP contribution in [0.3, 0.4) is 0 Å². The van der Waals surface area contributed by atoms with Gasteiger partial charge >= 0.3 is 0 Å². The minimum absolute atomic E-state index is 0.866. The summed E-state index contributed by atoms with van der Waals surface area (Å²) in [5.41, 5.74) is 2.61. The third-order valence-electron chi connectivity index (χ3n) is 3.39. The molecule has 1 unspecified atom stereocenters. The monoisotopic (exact) mass is 218 g/mol. The molecule has 0 aliphatic carbocycles. The van der Waals surface area contributed by atoms with Gasteiger partial charge in [-0.05, 0) is 43.0 Å². The Hall–Kier alpha value is -1.02. The molecule has 1 saturated heterocycles. The van der Waals surface area contributed by atoms with Crippen molar-refractivity contribution in [1.82, 2.24) is 4.90 Å². The molecule has 0 saturated carbocycles. The highest BCUT2D eigenvalue weighted by molar-refractivity contribution is 5.43. The molecule has 1 fully saturated rings. The van der Waals surface area contributed by atoms with Crippen molar-refractivity contribution < 1.29 is 0 Å². The largest absolute Gasteiger partial charge is 0.388 e. The maximum absolute atomic E-state index is 3.15. The molecule has 1 aliphatic heterocycles. The lowest BCUT2D eigenvalue weighted by Gasteiger charge is -2.30. The normalized spacial score (nSPS) is 22.0. The van der Waals surface area contributed by atoms with Gasteiger partial charge in [-0.2, -0.15) is 0 Å². The number of anilines is 1. The van der Waals surface area contributed by atoms with E-state index in [2.05, 4.69) is 41.4 Å². The van der Waals surface area contributed by atoms with Gasteiger partial charge in [0, 0.05) is 25.8 Å². The molecule has 1 aliphatic rings. The predicted octanol–water partition coefficient (Wildman–Crippen LogP) is 2.96. The molecular formula is C14H22N2. The van der Waals surface area contributed by atoms with Gasteiger partial charge in [0.25, 0.3) is 0 Å². The van der Waals surface area contributed by atoms with Gasteiger partial charge in [-0.3, -0.25) is 4.90 Å². The zero-order valence-corrected chi connectivity index (χ0v) is 10.4. The Bertz CT molecular complexity index is 318. The van der Waals surface area contributed by atoms with Gasteiger partial charge in [-0.15, -0.1) is 0 Å². The Morgan fingerprint density at radius 1 is 1.31 bits per heavy atom. The molecule has 0 radical (unpaired) electrons. The molecule has 0 amide bonds. The lowest BCUT2D eigenvalue weighted by molar-refractivity contribution is 0.176. The Kier molecular flexibility index (Phi) is 3.83. The standard InChI is InChI=1S/C14H22N2/c1-12-4-3-9-16(10-12)11-13-5-7-14(15-2)8-6-13/h5-8,12,15H,3-4,9-11H2,1-2H3. The molecule has 0 aromatic heterocycles. The molecule has 1 atom stereocenters. The van der Waals surface area contributed by atoms with Crippen molar-refractivity contribution in [2.45, 2.75) is 26.3 Å². The average molecular weight is 218 g/mol. The zero-order chi connectivity index (χ0) is 11.4. The molecule has 1 aromatic rings. The average Bonchev–Trinajstić information content (AvgIpc) is 2.30. The van der Waals surface area contributed by atoms with Crippen molar-refractivity contribution in [3.8, 4) is 0 Å². The number of benzene rings is 1. The van der Waals surface area contributed by atoms with Crippen molar-refractivity contribution in [1.29, 1.82) is 0 Å². The predicted molar refractivity (Wildman–Crippen MR) is 69.7 cm³/mol. The van der Waals surface area contributed by atoms with E-state index in [4.69, 9.17) is 0 Å². The van der Waals surface area contributed by atoms with E-state index in [1.165, 1.54) is 37.2 Å². The molecule has 2 rings (SSSR count). The summed E-state index contributed by atoms with van der Waals surface area (Å²) in [5, 5.41) is 3.15. The van der Waals surface area contributed by atoms with Crippen LogP contribution in [0, 0.1) is 5.92 Å². The number of nitrogens with zero attached hydrogens (tertiary/aromatic N) is 1. The van der Waals surface area contributed by atoms with Gasteiger partial charge in [0.15, 0.2) is 0 Å². The smallest absolute Gasteiger partial charge is 0.0337 e. The maximum Gasteiger partial charge on any atom is 0.0337 e. The summed E-state index contributed by atoms with van der Waals surface area (Å²) in [6, 6.07) is 8.77. The van der Waals surface area contributed by atoms with Crippen LogP contribution >= 0.6 is 0 Å². The number of piperidine rings is 1. The third kappa shape index (κ3) is 2.99. The molecule has 88 valence electrons. The number of hydrogen-bond acceptors (Lipinski definition) is 2. The van der Waals surface area contributed by atoms with Crippen LogP contribution < -0.4 is 5.32 Å². The van der Waals surface area contributed by atoms with Crippen molar-refractivity contribution in [3.05, 3.63) is 29.8 Å². The van der Waals surface area contributed by atoms with Gasteiger partial charge in [-0.1, -0.05) is 19.1 Å². The van der Waals surface area contributed by atoms with E-state index in [0.717, 1.165) is 12.5 Å². The van der Waals surface area contributed by atoms with E-state index in [9.17, 15) is 0 Å². The van der Waals surface area contributed by atoms with Crippen molar-refractivity contribution >= 4 is 5.69 Å². The SMILES string of the molecule is CNc1ccc(CN2CCCC(C)C2)cc1. The van der Waals surface area contributed by atoms with Crippen LogP contribution in [0.4, 0.5) is 5.69 Å². The second-order valence-corrected chi connectivity index (χ2v) is 4.93. The minimum atomic E-state index is 0.866. The van der Waals surface area contributed by atoms with Crippen molar-refractivity contribution in [2.75, 3.05) is 25.5 Å². The first-order valence-electron chi connectivity index (χ1n) is 6.27. The highest BCUT2D eigenvalue weighted by Crippen LogP contribution is 2.18. The van der Waals surface area contributed by atoms with Crippen molar-refractivity contribution in [2.24, 2.45) is 5.92 Å². The Morgan fingerprint density at radius 3 is 2.69 bits per heavy atom. The van der Waals surface area contributed by atoms with Gasteiger partial charge in [0.2, 0.25) is 0 Å². The van der Waals surface area contributed by atoms with Gasteiger partial charge in [0.05, 0.1) is 0 Å². The first-order chi connectivity index (χ1) is 7.78. The Balaban J connectivity index is 1.92. The zero-order valence-electron chi connectivity index (χ0n) is 10.4. The topological polar surface area (TPSA) is 15.3 Å². The first-order valence-corrected chi connectivity index (χ1v) is 6.27. The molecular weight excluding hydrogens is 196 g/mol. The summed E-state index contributed by atoms with van der Waals surface area (Å²) >= 11 is 0. The van der Waals surface area contributed by atoms with Crippen molar-refractivity contribution in [3.63, 3.8) is 0 Å². The van der Waals surface area contributed by atoms with Crippen LogP contribution in [-0.4, -0.2) is 25.0 Å². The molecule has 1 aromatic carbocycles. The van der Waals surface area contributed by atoms with Crippen LogP contribution in [0.2, 0.25) is 0 Å². The summed E-state index contributed by atoms with van der Waals surface area (Å²) in [7, 11) is 1.96. The summed E-state index contributed by atoms with van der Waals surface area (Å²) in [5.74, 6) is 0.866. The number of nitrogens with one attached hydrogen (secondary N) is 1. The van der Waals surface area contributed by atoms with E-state index in [1.54, 1.807) is 0 Å². The molecule has 0 spiro atoms. The number of likely N-dealkylation sites (tertiary alicyclic amines) is 1. The summed E-state index contributed by atoms with van der Waals surface area (Å²) < 4.78 is 0. The molecule has 1 heterocycles. The van der Waals surface area contributed by atoms with Crippen LogP contribution in [0.1, 0.15) is 25.3 Å². The molecule has 0 bridgehead atoms. The third-order valence-corrected chi connectivity index (χ3v) is 3.39. The van der Waals surface area contributed by atoms with E-state index >= 15 is 0 Å². The van der Waals surface area contributed by atoms with Crippen LogP contribution in [-0.2, 0) is 6.54 Å². The highest BCUT2D eigenvalue weighted by Gasteiger charge is 2.15. The number of hydrogen-bond donors (Lipinski definition) is 1. The van der Waals surface area contributed by atoms with Crippen LogP contribution in [0.15, 0.2) is 24.3 Å². The summed E-state index contributed by atoms with van der Waals surface area (Å²) in [4.78, 5) is 2.57. The van der Waals surface area contributed by atoms with E-state index in [-0.39, 0.29) is 0 Å². The molecule has 2 nitrogen and oxygen atoms in total. The quantitative estimate of drug-likeness (QED) is 0.839. The highest BCUT2D eigenvalue weighted by atomic mass is 15.1. The maximum atomic E-state index is 3.15. The lowest BCUT2D eigenvalue weighted by atomic mass is 10.00. The Morgan fingerprint density at radius 2 is 2.06 bits per heavy atom. The molecule has 1 N–H and O–H groups in total. The second kappa shape index (κ2) is 5.35. The summed E-state index contributed by atoms with van der Waals surface area (Å²) in [6.07, 6.45) is 2.75. The fourth-order valence-corrected chi connectivity index (χ4v) is 2.47. The first kappa shape index (κ1) is 11.5. The second-order valence-electron chi connectivity index (χ2n) is 4.93. The molecule has 2 heteroatoms. The van der Waals surface area contributed by atoms with Gasteiger partial charge in [-0.25, -0.2) is 0 Å². The fourth-order valence-electron chi connectivity index (χ4n) is 2.47. The summed E-state index contributed by atoms with van der Waals surface area (Å²) in [6.45, 7) is 5.98. The van der Waals surface area contributed by atoms with E-state index in [1.807, 2.05) is 7.05 Å².